The Labute approximate surface area is 231 Å². The van der Waals surface area contributed by atoms with Crippen LogP contribution in [-0.2, 0) is 0 Å². The third-order valence-corrected chi connectivity index (χ3v) is 6.39. The molecular weight excluding hydrogens is 498 g/mol. The first-order valence-corrected chi connectivity index (χ1v) is 12.8. The van der Waals surface area contributed by atoms with Gasteiger partial charge in [0.05, 0.1) is 23.8 Å². The van der Waals surface area contributed by atoms with Gasteiger partial charge in [0, 0.05) is 28.5 Å². The average molecular weight is 524 g/mol. The Bertz CT molecular complexity index is 1790. The third kappa shape index (κ3) is 5.32. The fourth-order valence-electron chi connectivity index (χ4n) is 4.28. The van der Waals surface area contributed by atoms with E-state index in [9.17, 15) is 4.79 Å². The lowest BCUT2D eigenvalue weighted by Gasteiger charge is -2.04. The molecule has 1 amide bonds. The molecule has 0 saturated carbocycles. The maximum absolute atomic E-state index is 13.0. The number of amides is 1. The van der Waals surface area contributed by atoms with E-state index in [1.807, 2.05) is 115 Å². The molecule has 0 aliphatic heterocycles. The molecule has 2 aromatic heterocycles. The Morgan fingerprint density at radius 3 is 2.27 bits per heavy atom. The lowest BCUT2D eigenvalue weighted by molar-refractivity contribution is 0.0955. The summed E-state index contributed by atoms with van der Waals surface area (Å²) in [5, 5.41) is 17.6. The number of para-hydroxylation sites is 1. The van der Waals surface area contributed by atoms with E-state index < -0.39 is 0 Å². The second-order valence-electron chi connectivity index (χ2n) is 9.24. The van der Waals surface area contributed by atoms with Crippen LogP contribution < -0.4 is 5.43 Å². The average Bonchev–Trinajstić information content (AvgIpc) is 3.67. The number of aromatic nitrogens is 5. The smallest absolute Gasteiger partial charge is 0.267 e. The van der Waals surface area contributed by atoms with E-state index in [1.54, 1.807) is 29.1 Å². The maximum atomic E-state index is 13.0. The number of rotatable bonds is 7. The van der Waals surface area contributed by atoms with Crippen LogP contribution in [0.3, 0.4) is 0 Å². The number of carbonyl (C=O) groups is 1. The summed E-state index contributed by atoms with van der Waals surface area (Å²) in [7, 11) is 0. The van der Waals surface area contributed by atoms with Gasteiger partial charge in [-0.25, -0.2) is 14.8 Å². The quantitative estimate of drug-likeness (QED) is 0.210. The van der Waals surface area contributed by atoms with Gasteiger partial charge < -0.3 is 0 Å². The van der Waals surface area contributed by atoms with Gasteiger partial charge in [0.15, 0.2) is 0 Å². The zero-order valence-electron chi connectivity index (χ0n) is 21.7. The minimum absolute atomic E-state index is 0.339. The van der Waals surface area contributed by atoms with Crippen LogP contribution in [0, 0.1) is 6.92 Å². The number of nitrogens with one attached hydrogen (secondary N) is 1. The highest BCUT2D eigenvalue weighted by Gasteiger charge is 2.12. The van der Waals surface area contributed by atoms with Crippen molar-refractivity contribution in [2.75, 3.05) is 0 Å². The highest BCUT2D eigenvalue weighted by Crippen LogP contribution is 2.23. The molecule has 6 aromatic rings. The lowest BCUT2D eigenvalue weighted by Crippen LogP contribution is -2.17. The van der Waals surface area contributed by atoms with Gasteiger partial charge in [-0.2, -0.15) is 10.2 Å². The predicted molar refractivity (Wildman–Crippen MR) is 156 cm³/mol. The van der Waals surface area contributed by atoms with Gasteiger partial charge in [-0.3, -0.25) is 4.79 Å². The molecular formula is C32H25N7O. The molecule has 0 fully saturated rings. The van der Waals surface area contributed by atoms with Crippen LogP contribution in [-0.4, -0.2) is 36.9 Å². The van der Waals surface area contributed by atoms with E-state index in [-0.39, 0.29) is 5.91 Å². The molecule has 0 spiro atoms. The molecule has 194 valence electrons. The van der Waals surface area contributed by atoms with Crippen molar-refractivity contribution in [1.29, 1.82) is 0 Å². The first kappa shape index (κ1) is 24.7. The molecule has 4 aromatic carbocycles. The minimum atomic E-state index is -0.339. The van der Waals surface area contributed by atoms with E-state index in [0.717, 1.165) is 45.0 Å². The number of hydrazone groups is 1. The van der Waals surface area contributed by atoms with Gasteiger partial charge in [0.25, 0.3) is 5.91 Å². The second kappa shape index (κ2) is 11.0. The number of benzene rings is 4. The molecule has 0 unspecified atom stereocenters. The third-order valence-electron chi connectivity index (χ3n) is 6.39. The summed E-state index contributed by atoms with van der Waals surface area (Å²) in [6.07, 6.45) is 5.35. The van der Waals surface area contributed by atoms with Crippen molar-refractivity contribution in [3.05, 3.63) is 138 Å². The normalized spacial score (nSPS) is 11.1. The first-order chi connectivity index (χ1) is 19.6. The second-order valence-corrected chi connectivity index (χ2v) is 9.24. The summed E-state index contributed by atoms with van der Waals surface area (Å²) in [4.78, 5) is 13.0. The standard InChI is InChI=1S/C32H25N7O/c1-23-15-17-25(18-16-23)31-27(21-38(36-31)28-12-6-3-7-13-28)20-33-35-32(40)26-11-8-14-29(19-26)39-22-30(34-37-39)24-9-4-2-5-10-24/h2-22H,1H3,(H,35,40)/b33-20+. The van der Waals surface area contributed by atoms with Crippen LogP contribution in [0.2, 0.25) is 0 Å². The molecule has 0 radical (unpaired) electrons. The highest BCUT2D eigenvalue weighted by atomic mass is 16.2. The lowest BCUT2D eigenvalue weighted by atomic mass is 10.1. The minimum Gasteiger partial charge on any atom is -0.267 e. The molecule has 6 rings (SSSR count). The van der Waals surface area contributed by atoms with E-state index >= 15 is 0 Å². The Kier molecular flexibility index (Phi) is 6.79. The van der Waals surface area contributed by atoms with Crippen molar-refractivity contribution in [3.8, 4) is 33.9 Å². The van der Waals surface area contributed by atoms with Crippen molar-refractivity contribution in [2.45, 2.75) is 6.92 Å². The number of carbonyl (C=O) groups excluding carboxylic acids is 1. The molecule has 0 atom stereocenters. The largest absolute Gasteiger partial charge is 0.271 e. The summed E-state index contributed by atoms with van der Waals surface area (Å²) in [6.45, 7) is 2.05. The number of nitrogens with zero attached hydrogens (tertiary/aromatic N) is 6. The van der Waals surface area contributed by atoms with E-state index in [4.69, 9.17) is 5.10 Å². The maximum Gasteiger partial charge on any atom is 0.271 e. The van der Waals surface area contributed by atoms with Gasteiger partial charge in [-0.05, 0) is 37.3 Å². The first-order valence-electron chi connectivity index (χ1n) is 12.8. The van der Waals surface area contributed by atoms with Crippen molar-refractivity contribution in [2.24, 2.45) is 5.10 Å². The van der Waals surface area contributed by atoms with Crippen LogP contribution in [0.5, 0.6) is 0 Å². The van der Waals surface area contributed by atoms with E-state index in [1.165, 1.54) is 0 Å². The predicted octanol–water partition coefficient (Wildman–Crippen LogP) is 5.86. The van der Waals surface area contributed by atoms with Gasteiger partial charge in [-0.15, -0.1) is 5.10 Å². The van der Waals surface area contributed by atoms with E-state index in [2.05, 4.69) is 20.8 Å². The highest BCUT2D eigenvalue weighted by molar-refractivity contribution is 5.96. The Balaban J connectivity index is 1.22. The zero-order chi connectivity index (χ0) is 27.3. The van der Waals surface area contributed by atoms with Crippen molar-refractivity contribution < 1.29 is 4.79 Å². The molecule has 8 heteroatoms. The molecule has 0 bridgehead atoms. The number of hydrogen-bond acceptors (Lipinski definition) is 5. The molecule has 0 aliphatic carbocycles. The van der Waals surface area contributed by atoms with Crippen LogP contribution in [0.4, 0.5) is 0 Å². The molecule has 1 N–H and O–H groups in total. The Morgan fingerprint density at radius 1 is 0.775 bits per heavy atom. The SMILES string of the molecule is Cc1ccc(-c2nn(-c3ccccc3)cc2/C=N/NC(=O)c2cccc(-n3cc(-c4ccccc4)nn3)c2)cc1. The fraction of sp³-hybridized carbons (Fsp3) is 0.0312. The molecule has 40 heavy (non-hydrogen) atoms. The van der Waals surface area contributed by atoms with Crippen LogP contribution in [0.15, 0.2) is 127 Å². The van der Waals surface area contributed by atoms with Crippen molar-refractivity contribution in [1.82, 2.24) is 30.2 Å². The number of hydrogen-bond donors (Lipinski definition) is 1. The van der Waals surface area contributed by atoms with Crippen LogP contribution in [0.25, 0.3) is 33.9 Å². The zero-order valence-corrected chi connectivity index (χ0v) is 21.7. The van der Waals surface area contributed by atoms with E-state index in [0.29, 0.717) is 5.56 Å². The Hall–Kier alpha value is -5.63. The van der Waals surface area contributed by atoms with Crippen LogP contribution >= 0.6 is 0 Å². The monoisotopic (exact) mass is 523 g/mol. The number of aryl methyl sites for hydroxylation is 1. The van der Waals surface area contributed by atoms with Gasteiger partial charge in [0.2, 0.25) is 0 Å². The Morgan fingerprint density at radius 2 is 1.50 bits per heavy atom. The molecule has 0 aliphatic rings. The van der Waals surface area contributed by atoms with Crippen LogP contribution in [0.1, 0.15) is 21.5 Å². The van der Waals surface area contributed by atoms with Gasteiger partial charge in [-0.1, -0.05) is 89.6 Å². The molecule has 2 heterocycles. The molecule has 8 nitrogen and oxygen atoms in total. The van der Waals surface area contributed by atoms with Gasteiger partial charge >= 0.3 is 0 Å². The summed E-state index contributed by atoms with van der Waals surface area (Å²) in [5.74, 6) is -0.339. The van der Waals surface area contributed by atoms with Crippen molar-refractivity contribution in [3.63, 3.8) is 0 Å². The summed E-state index contributed by atoms with van der Waals surface area (Å²) >= 11 is 0. The fourth-order valence-corrected chi connectivity index (χ4v) is 4.28. The summed E-state index contributed by atoms with van der Waals surface area (Å²) in [6, 6.07) is 35.0. The topological polar surface area (TPSA) is 90.0 Å². The van der Waals surface area contributed by atoms with Gasteiger partial charge in [0.1, 0.15) is 11.4 Å². The molecule has 0 saturated heterocycles. The van der Waals surface area contributed by atoms with Crippen molar-refractivity contribution >= 4 is 12.1 Å². The summed E-state index contributed by atoms with van der Waals surface area (Å²) < 4.78 is 3.46. The summed E-state index contributed by atoms with van der Waals surface area (Å²) in [5.41, 5.74) is 10.1.